The zero-order valence-corrected chi connectivity index (χ0v) is 18.3. The van der Waals surface area contributed by atoms with E-state index in [0.29, 0.717) is 5.69 Å². The third-order valence-corrected chi connectivity index (χ3v) is 6.74. The third kappa shape index (κ3) is 5.18. The minimum absolute atomic E-state index is 0.0236. The Kier molecular flexibility index (Phi) is 6.76. The first-order valence-corrected chi connectivity index (χ1v) is 11.4. The number of sulfonamides is 1. The molecule has 0 radical (unpaired) electrons. The minimum Gasteiger partial charge on any atom is -0.329 e. The van der Waals surface area contributed by atoms with Crippen LogP contribution in [0.5, 0.6) is 0 Å². The molecular formula is C21H22N4O3S2. The van der Waals surface area contributed by atoms with E-state index in [4.69, 9.17) is 0 Å². The van der Waals surface area contributed by atoms with Crippen molar-refractivity contribution in [1.29, 1.82) is 0 Å². The average molecular weight is 443 g/mol. The number of imidazole rings is 1. The monoisotopic (exact) mass is 442 g/mol. The second-order valence-electron chi connectivity index (χ2n) is 6.52. The summed E-state index contributed by atoms with van der Waals surface area (Å²) in [6, 6.07) is 11.6. The van der Waals surface area contributed by atoms with Crippen LogP contribution in [-0.4, -0.2) is 30.4 Å². The first-order chi connectivity index (χ1) is 14.3. The van der Waals surface area contributed by atoms with E-state index in [9.17, 15) is 13.2 Å². The number of anilines is 1. The lowest BCUT2D eigenvalue weighted by Gasteiger charge is -2.11. The third-order valence-electron chi connectivity index (χ3n) is 4.26. The molecule has 1 amide bonds. The van der Waals surface area contributed by atoms with Gasteiger partial charge >= 0.3 is 0 Å². The summed E-state index contributed by atoms with van der Waals surface area (Å²) in [5, 5.41) is 3.72. The number of hydrogen-bond acceptors (Lipinski definition) is 5. The van der Waals surface area contributed by atoms with Gasteiger partial charge < -0.3 is 9.88 Å². The molecule has 2 N–H and O–H groups in total. The van der Waals surface area contributed by atoms with Gasteiger partial charge in [-0.05, 0) is 48.9 Å². The van der Waals surface area contributed by atoms with E-state index >= 15 is 0 Å². The van der Waals surface area contributed by atoms with Gasteiger partial charge in [0.05, 0.1) is 4.90 Å². The van der Waals surface area contributed by atoms with Crippen LogP contribution in [0.25, 0.3) is 0 Å². The van der Waals surface area contributed by atoms with Crippen molar-refractivity contribution in [2.24, 2.45) is 7.05 Å². The number of carbonyl (C=O) groups excluding carboxylic acids is 1. The molecule has 0 atom stereocenters. The van der Waals surface area contributed by atoms with Gasteiger partial charge in [-0.15, -0.1) is 6.58 Å². The summed E-state index contributed by atoms with van der Waals surface area (Å²) in [5.74, 6) is -0.386. The van der Waals surface area contributed by atoms with Crippen molar-refractivity contribution >= 4 is 33.4 Å². The van der Waals surface area contributed by atoms with E-state index in [0.717, 1.165) is 15.6 Å². The Balaban J connectivity index is 1.75. The fourth-order valence-electron chi connectivity index (χ4n) is 2.65. The van der Waals surface area contributed by atoms with Crippen LogP contribution in [0.4, 0.5) is 5.69 Å². The van der Waals surface area contributed by atoms with E-state index in [1.807, 2.05) is 42.9 Å². The Morgan fingerprint density at radius 3 is 2.73 bits per heavy atom. The highest BCUT2D eigenvalue weighted by Crippen LogP contribution is 2.29. The maximum Gasteiger partial charge on any atom is 0.255 e. The summed E-state index contributed by atoms with van der Waals surface area (Å²) < 4.78 is 28.9. The highest BCUT2D eigenvalue weighted by molar-refractivity contribution is 7.99. The predicted molar refractivity (Wildman–Crippen MR) is 118 cm³/mol. The lowest BCUT2D eigenvalue weighted by Crippen LogP contribution is -2.24. The van der Waals surface area contributed by atoms with Crippen molar-refractivity contribution in [2.75, 3.05) is 11.9 Å². The topological polar surface area (TPSA) is 93.1 Å². The molecule has 30 heavy (non-hydrogen) atoms. The molecule has 0 saturated heterocycles. The molecule has 2 aromatic carbocycles. The second kappa shape index (κ2) is 9.29. The number of amides is 1. The summed E-state index contributed by atoms with van der Waals surface area (Å²) in [7, 11) is -1.78. The van der Waals surface area contributed by atoms with Crippen LogP contribution >= 0.6 is 11.8 Å². The Morgan fingerprint density at radius 2 is 2.07 bits per heavy atom. The number of nitrogens with one attached hydrogen (secondary N) is 2. The molecule has 3 aromatic rings. The van der Waals surface area contributed by atoms with Crippen LogP contribution in [0.15, 0.2) is 82.5 Å². The maximum absolute atomic E-state index is 12.7. The molecule has 0 bridgehead atoms. The molecule has 7 nitrogen and oxygen atoms in total. The fourth-order valence-corrected chi connectivity index (χ4v) is 4.59. The SMILES string of the molecule is C=CCNS(=O)(=O)c1cccc(C(=O)Nc2ccc(Sc3nccn3C)cc2C)c1. The van der Waals surface area contributed by atoms with Crippen LogP contribution in [0, 0.1) is 6.92 Å². The maximum atomic E-state index is 12.7. The van der Waals surface area contributed by atoms with Crippen LogP contribution < -0.4 is 10.0 Å². The molecular weight excluding hydrogens is 420 g/mol. The molecule has 3 rings (SSSR count). The van der Waals surface area contributed by atoms with Gasteiger partial charge in [0, 0.05) is 42.1 Å². The zero-order chi connectivity index (χ0) is 21.7. The van der Waals surface area contributed by atoms with Crippen molar-refractivity contribution in [3.8, 4) is 0 Å². The Bertz CT molecular complexity index is 1190. The second-order valence-corrected chi connectivity index (χ2v) is 9.33. The summed E-state index contributed by atoms with van der Waals surface area (Å²) in [6.45, 7) is 5.50. The van der Waals surface area contributed by atoms with Crippen molar-refractivity contribution in [3.63, 3.8) is 0 Å². The molecule has 1 aromatic heterocycles. The molecule has 0 unspecified atom stereocenters. The smallest absolute Gasteiger partial charge is 0.255 e. The van der Waals surface area contributed by atoms with Crippen LogP contribution in [0.3, 0.4) is 0 Å². The first-order valence-electron chi connectivity index (χ1n) is 9.08. The van der Waals surface area contributed by atoms with Crippen LogP contribution in [0.1, 0.15) is 15.9 Å². The molecule has 0 aliphatic heterocycles. The molecule has 0 fully saturated rings. The standard InChI is InChI=1S/C21H22N4O3S2/c1-4-10-23-30(27,28)18-7-5-6-16(14-18)20(26)24-19-9-8-17(13-15(19)2)29-21-22-11-12-25(21)3/h4-9,11-14,23H,1,10H2,2-3H3,(H,24,26). The van der Waals surface area contributed by atoms with Gasteiger partial charge in [0.25, 0.3) is 5.91 Å². The van der Waals surface area contributed by atoms with Gasteiger partial charge in [-0.1, -0.05) is 23.9 Å². The number of aromatic nitrogens is 2. The number of rotatable bonds is 8. The molecule has 0 spiro atoms. The van der Waals surface area contributed by atoms with Crippen molar-refractivity contribution < 1.29 is 13.2 Å². The molecule has 0 saturated carbocycles. The number of nitrogens with zero attached hydrogens (tertiary/aromatic N) is 2. The normalized spacial score (nSPS) is 11.3. The van der Waals surface area contributed by atoms with Crippen LogP contribution in [-0.2, 0) is 17.1 Å². The zero-order valence-electron chi connectivity index (χ0n) is 16.6. The summed E-state index contributed by atoms with van der Waals surface area (Å²) in [4.78, 5) is 18.0. The van der Waals surface area contributed by atoms with Gasteiger partial charge in [-0.3, -0.25) is 4.79 Å². The predicted octanol–water partition coefficient (Wildman–Crippen LogP) is 3.60. The minimum atomic E-state index is -3.71. The Morgan fingerprint density at radius 1 is 1.27 bits per heavy atom. The number of carbonyl (C=O) groups is 1. The van der Waals surface area contributed by atoms with E-state index < -0.39 is 10.0 Å². The largest absolute Gasteiger partial charge is 0.329 e. The van der Waals surface area contributed by atoms with E-state index in [-0.39, 0.29) is 22.9 Å². The Hall–Kier alpha value is -2.88. The van der Waals surface area contributed by atoms with Crippen LogP contribution in [0.2, 0.25) is 0 Å². The average Bonchev–Trinajstić information content (AvgIpc) is 3.13. The van der Waals surface area contributed by atoms with E-state index in [1.165, 1.54) is 36.0 Å². The first kappa shape index (κ1) is 21.8. The Labute approximate surface area is 180 Å². The van der Waals surface area contributed by atoms with Gasteiger partial charge in [0.1, 0.15) is 0 Å². The molecule has 0 aliphatic rings. The quantitative estimate of drug-likeness (QED) is 0.520. The molecule has 9 heteroatoms. The van der Waals surface area contributed by atoms with E-state index in [1.54, 1.807) is 12.3 Å². The summed E-state index contributed by atoms with van der Waals surface area (Å²) in [6.07, 6.45) is 5.07. The number of aryl methyl sites for hydroxylation is 2. The fraction of sp³-hybridized carbons (Fsp3) is 0.143. The highest BCUT2D eigenvalue weighted by atomic mass is 32.2. The van der Waals surface area contributed by atoms with Gasteiger partial charge in [-0.2, -0.15) is 0 Å². The molecule has 1 heterocycles. The van der Waals surface area contributed by atoms with E-state index in [2.05, 4.69) is 21.6 Å². The van der Waals surface area contributed by atoms with Crippen molar-refractivity contribution in [2.45, 2.75) is 21.9 Å². The number of benzene rings is 2. The summed E-state index contributed by atoms with van der Waals surface area (Å²) >= 11 is 1.53. The van der Waals surface area contributed by atoms with Gasteiger partial charge in [0.2, 0.25) is 10.0 Å². The highest BCUT2D eigenvalue weighted by Gasteiger charge is 2.16. The molecule has 156 valence electrons. The summed E-state index contributed by atoms with van der Waals surface area (Å²) in [5.41, 5.74) is 1.79. The molecule has 0 aliphatic carbocycles. The van der Waals surface area contributed by atoms with Gasteiger partial charge in [-0.25, -0.2) is 18.1 Å². The lowest BCUT2D eigenvalue weighted by molar-refractivity contribution is 0.102. The van der Waals surface area contributed by atoms with Crippen molar-refractivity contribution in [1.82, 2.24) is 14.3 Å². The van der Waals surface area contributed by atoms with Gasteiger partial charge in [0.15, 0.2) is 5.16 Å². The lowest BCUT2D eigenvalue weighted by atomic mass is 10.1. The number of hydrogen-bond donors (Lipinski definition) is 2. The van der Waals surface area contributed by atoms with Crippen molar-refractivity contribution in [3.05, 3.63) is 78.6 Å².